The Hall–Kier alpha value is -0.0275. The summed E-state index contributed by atoms with van der Waals surface area (Å²) in [6.07, 6.45) is 0. The molecule has 0 spiro atoms. The predicted octanol–water partition coefficient (Wildman–Crippen LogP) is 4.16. The van der Waals surface area contributed by atoms with Gasteiger partial charge in [-0.25, -0.2) is 0 Å². The molecule has 2 heteroatoms. The molecule has 0 bridgehead atoms. The van der Waals surface area contributed by atoms with Gasteiger partial charge in [0.25, 0.3) is 0 Å². The molecule has 0 amide bonds. The Balaban J connectivity index is -0.000000166. The van der Waals surface area contributed by atoms with Gasteiger partial charge in [0.2, 0.25) is 0 Å². The average Bonchev–Trinajstić information content (AvgIpc) is 2.03. The fourth-order valence-corrected chi connectivity index (χ4v) is 0.578. The molecule has 88 valence electrons. The summed E-state index contributed by atoms with van der Waals surface area (Å²) in [5, 5.41) is 0. The molecule has 0 aliphatic heterocycles. The van der Waals surface area contributed by atoms with E-state index in [1.54, 1.807) is 0 Å². The molecule has 0 N–H and O–H groups in total. The number of hydrogen-bond acceptors (Lipinski definition) is 1. The van der Waals surface area contributed by atoms with Crippen molar-refractivity contribution in [2.24, 2.45) is 11.8 Å². The molecule has 1 aromatic rings. The zero-order valence-electron chi connectivity index (χ0n) is 10.9. The van der Waals surface area contributed by atoms with Gasteiger partial charge in [-0.2, -0.15) is 16.7 Å². The maximum absolute atomic E-state index is 4.81. The molecule has 0 nitrogen and oxygen atoms in total. The monoisotopic (exact) mass is 250 g/mol. The molecule has 0 fully saturated rings. The van der Waals surface area contributed by atoms with Crippen molar-refractivity contribution in [3.8, 4) is 0 Å². The van der Waals surface area contributed by atoms with Crippen LogP contribution >= 0.6 is 0 Å². The van der Waals surface area contributed by atoms with Gasteiger partial charge in [0.05, 0.1) is 0 Å². The first-order valence-corrected chi connectivity index (χ1v) is 5.65. The molecule has 1 aromatic carbocycles. The van der Waals surface area contributed by atoms with E-state index in [-0.39, 0.29) is 17.4 Å². The van der Waals surface area contributed by atoms with Crippen LogP contribution in [0.3, 0.4) is 0 Å². The van der Waals surface area contributed by atoms with Crippen LogP contribution in [0, 0.1) is 25.7 Å². The van der Waals surface area contributed by atoms with E-state index in [4.69, 9.17) is 12.6 Å². The predicted molar refractivity (Wildman–Crippen MR) is 78.2 cm³/mol. The standard InChI is InChI=1S/C6H6S.2C4H9.Al/c7-6-4-2-1-3-5-6;2*1-4(2)3;/h1-5,7H;2*4H,1H2,2-3H3;/q;2*-1;+3/p-1. The van der Waals surface area contributed by atoms with Crippen molar-refractivity contribution in [3.63, 3.8) is 0 Å². The van der Waals surface area contributed by atoms with E-state index in [1.165, 1.54) is 0 Å². The molecule has 0 aliphatic rings. The van der Waals surface area contributed by atoms with Crippen LogP contribution in [-0.2, 0) is 12.6 Å². The molecular weight excluding hydrogens is 227 g/mol. The fourth-order valence-electron chi connectivity index (χ4n) is 0.420. The van der Waals surface area contributed by atoms with Gasteiger partial charge in [0.15, 0.2) is 0 Å². The number of hydrogen-bond donors (Lipinski definition) is 0. The van der Waals surface area contributed by atoms with Crippen molar-refractivity contribution >= 4 is 30.0 Å². The van der Waals surface area contributed by atoms with E-state index in [0.717, 1.165) is 4.90 Å². The van der Waals surface area contributed by atoms with Gasteiger partial charge in [-0.1, -0.05) is 58.0 Å². The SMILES string of the molecule is [Al+3].[CH2-]C(C)C.[CH2-]C(C)C.[S-]c1ccccc1. The third-order valence-electron chi connectivity index (χ3n) is 0.743. The topological polar surface area (TPSA) is 0 Å². The number of rotatable bonds is 0. The quantitative estimate of drug-likeness (QED) is 0.378. The van der Waals surface area contributed by atoms with Crippen LogP contribution in [0.25, 0.3) is 0 Å². The molecule has 16 heavy (non-hydrogen) atoms. The minimum atomic E-state index is 0. The van der Waals surface area contributed by atoms with Gasteiger partial charge < -0.3 is 26.5 Å². The molecule has 0 unspecified atom stereocenters. The Morgan fingerprint density at radius 1 is 0.875 bits per heavy atom. The molecule has 0 saturated carbocycles. The summed E-state index contributed by atoms with van der Waals surface area (Å²) < 4.78 is 0. The van der Waals surface area contributed by atoms with Gasteiger partial charge in [-0.05, 0) is 0 Å². The van der Waals surface area contributed by atoms with Crippen molar-refractivity contribution in [1.29, 1.82) is 0 Å². The maximum Gasteiger partial charge on any atom is 3.00 e. The molecule has 1 rings (SSSR count). The zero-order valence-corrected chi connectivity index (χ0v) is 12.9. The molecule has 0 heterocycles. The van der Waals surface area contributed by atoms with Crippen LogP contribution in [0.2, 0.25) is 0 Å². The summed E-state index contributed by atoms with van der Waals surface area (Å²) in [4.78, 5) is 0.905. The normalized spacial score (nSPS) is 8.25. The van der Waals surface area contributed by atoms with Crippen LogP contribution in [0.4, 0.5) is 0 Å². The Morgan fingerprint density at radius 2 is 1.12 bits per heavy atom. The van der Waals surface area contributed by atoms with Crippen LogP contribution < -0.4 is 0 Å². The zero-order chi connectivity index (χ0) is 12.3. The Morgan fingerprint density at radius 3 is 1.25 bits per heavy atom. The van der Waals surface area contributed by atoms with Crippen molar-refractivity contribution in [1.82, 2.24) is 0 Å². The van der Waals surface area contributed by atoms with Crippen molar-refractivity contribution in [2.75, 3.05) is 0 Å². The minimum Gasteiger partial charge on any atom is -0.780 e. The van der Waals surface area contributed by atoms with Gasteiger partial charge in [-0.3, -0.25) is 0 Å². The van der Waals surface area contributed by atoms with Gasteiger partial charge >= 0.3 is 17.4 Å². The molecule has 0 saturated heterocycles. The second-order valence-electron chi connectivity index (χ2n) is 4.10. The maximum atomic E-state index is 4.81. The van der Waals surface area contributed by atoms with Gasteiger partial charge in [-0.15, -0.1) is 0 Å². The van der Waals surface area contributed by atoms with Crippen molar-refractivity contribution in [2.45, 2.75) is 32.6 Å². The molecule has 0 atom stereocenters. The Kier molecular flexibility index (Phi) is 19.9. The third-order valence-corrected chi connectivity index (χ3v) is 1.02. The first-order chi connectivity index (χ1) is 6.86. The first-order valence-electron chi connectivity index (χ1n) is 5.24. The summed E-state index contributed by atoms with van der Waals surface area (Å²) in [6, 6.07) is 9.62. The summed E-state index contributed by atoms with van der Waals surface area (Å²) in [6.45, 7) is 15.5. The minimum absolute atomic E-state index is 0. The van der Waals surface area contributed by atoms with Crippen LogP contribution in [0.15, 0.2) is 35.2 Å². The van der Waals surface area contributed by atoms with E-state index in [0.29, 0.717) is 11.8 Å². The average molecular weight is 250 g/mol. The Bertz CT molecular complexity index is 196. The van der Waals surface area contributed by atoms with E-state index >= 15 is 0 Å². The molecule has 0 aromatic heterocycles. The first kappa shape index (κ1) is 21.3. The molecule has 0 aliphatic carbocycles. The molecular formula is C14H23AlS. The summed E-state index contributed by atoms with van der Waals surface area (Å²) in [5.41, 5.74) is 0. The van der Waals surface area contributed by atoms with E-state index in [9.17, 15) is 0 Å². The van der Waals surface area contributed by atoms with E-state index in [1.807, 2.05) is 30.3 Å². The van der Waals surface area contributed by atoms with Crippen LogP contribution in [-0.4, -0.2) is 17.4 Å². The largest absolute Gasteiger partial charge is 3.00 e. The number of benzene rings is 1. The van der Waals surface area contributed by atoms with Crippen molar-refractivity contribution in [3.05, 3.63) is 44.2 Å². The fraction of sp³-hybridized carbons (Fsp3) is 0.429. The van der Waals surface area contributed by atoms with Crippen LogP contribution in [0.5, 0.6) is 0 Å². The van der Waals surface area contributed by atoms with Gasteiger partial charge in [0.1, 0.15) is 0 Å². The van der Waals surface area contributed by atoms with E-state index < -0.39 is 0 Å². The smallest absolute Gasteiger partial charge is 0.780 e. The third kappa shape index (κ3) is 37.0. The molecule has 0 radical (unpaired) electrons. The van der Waals surface area contributed by atoms with Crippen molar-refractivity contribution < 1.29 is 0 Å². The van der Waals surface area contributed by atoms with Crippen LogP contribution in [0.1, 0.15) is 27.7 Å². The summed E-state index contributed by atoms with van der Waals surface area (Å²) in [7, 11) is 0. The summed E-state index contributed by atoms with van der Waals surface area (Å²) in [5.74, 6) is 1.17. The van der Waals surface area contributed by atoms with Gasteiger partial charge in [0, 0.05) is 0 Å². The Labute approximate surface area is 118 Å². The summed E-state index contributed by atoms with van der Waals surface area (Å²) >= 11 is 4.81. The van der Waals surface area contributed by atoms with E-state index in [2.05, 4.69) is 41.5 Å². The second kappa shape index (κ2) is 15.0. The second-order valence-corrected chi connectivity index (χ2v) is 4.57.